The van der Waals surface area contributed by atoms with Gasteiger partial charge in [-0.2, -0.15) is 0 Å². The van der Waals surface area contributed by atoms with Gasteiger partial charge in [-0.05, 0) is 17.9 Å². The average Bonchev–Trinajstić information content (AvgIpc) is 2.68. The Morgan fingerprint density at radius 1 is 1.21 bits per heavy atom. The first-order chi connectivity index (χ1) is 6.90. The summed E-state index contributed by atoms with van der Waals surface area (Å²) >= 11 is 1.55. The predicted molar refractivity (Wildman–Crippen MR) is 56.1 cm³/mol. The fraction of sp³-hybridized carbons (Fsp3) is 0.200. The van der Waals surface area contributed by atoms with Gasteiger partial charge in [0.1, 0.15) is 0 Å². The Hall–Kier alpha value is -1.29. The zero-order valence-electron chi connectivity index (χ0n) is 7.80. The van der Waals surface area contributed by atoms with Crippen molar-refractivity contribution in [3.8, 4) is 11.5 Å². The molecule has 0 radical (unpaired) electrons. The molecule has 1 aromatic carbocycles. The van der Waals surface area contributed by atoms with Crippen molar-refractivity contribution in [3.05, 3.63) is 30.3 Å². The van der Waals surface area contributed by atoms with E-state index in [0.29, 0.717) is 11.1 Å². The molecule has 0 spiro atoms. The lowest BCUT2D eigenvalue weighted by Gasteiger charge is -1.91. The van der Waals surface area contributed by atoms with Crippen LogP contribution in [0.1, 0.15) is 6.92 Å². The van der Waals surface area contributed by atoms with E-state index in [1.165, 1.54) is 0 Å². The van der Waals surface area contributed by atoms with Crippen molar-refractivity contribution < 1.29 is 4.42 Å². The molecule has 2 aromatic rings. The third-order valence-electron chi connectivity index (χ3n) is 1.70. The largest absolute Gasteiger partial charge is 0.411 e. The molecular weight excluding hydrogens is 196 g/mol. The highest BCUT2D eigenvalue weighted by Crippen LogP contribution is 2.22. The molecule has 2 rings (SSSR count). The van der Waals surface area contributed by atoms with Crippen molar-refractivity contribution in [2.75, 3.05) is 5.75 Å². The Morgan fingerprint density at radius 3 is 2.71 bits per heavy atom. The summed E-state index contributed by atoms with van der Waals surface area (Å²) in [5, 5.41) is 8.53. The lowest BCUT2D eigenvalue weighted by atomic mass is 10.2. The van der Waals surface area contributed by atoms with Crippen LogP contribution in [0.3, 0.4) is 0 Å². The van der Waals surface area contributed by atoms with Crippen LogP contribution < -0.4 is 0 Å². The lowest BCUT2D eigenvalue weighted by Crippen LogP contribution is -1.75. The minimum absolute atomic E-state index is 0.585. The average molecular weight is 206 g/mol. The van der Waals surface area contributed by atoms with Crippen molar-refractivity contribution in [2.24, 2.45) is 0 Å². The van der Waals surface area contributed by atoms with Gasteiger partial charge >= 0.3 is 0 Å². The SMILES string of the molecule is CCSc1nnc(-c2ccccc2)o1. The van der Waals surface area contributed by atoms with Crippen LogP contribution in [0.4, 0.5) is 0 Å². The summed E-state index contributed by atoms with van der Waals surface area (Å²) < 4.78 is 5.45. The second-order valence-corrected chi connectivity index (χ2v) is 3.89. The molecule has 1 aromatic heterocycles. The molecular formula is C10H10N2OS. The molecule has 72 valence electrons. The normalized spacial score (nSPS) is 10.4. The fourth-order valence-corrected chi connectivity index (χ4v) is 1.57. The Morgan fingerprint density at radius 2 is 2.00 bits per heavy atom. The van der Waals surface area contributed by atoms with E-state index in [-0.39, 0.29) is 0 Å². The van der Waals surface area contributed by atoms with Crippen LogP contribution in [0.15, 0.2) is 40.0 Å². The standard InChI is InChI=1S/C10H10N2OS/c1-2-14-10-12-11-9(13-10)8-6-4-3-5-7-8/h3-7H,2H2,1H3. The van der Waals surface area contributed by atoms with Gasteiger partial charge < -0.3 is 4.42 Å². The summed E-state index contributed by atoms with van der Waals surface area (Å²) in [6.45, 7) is 2.05. The molecule has 0 atom stereocenters. The summed E-state index contributed by atoms with van der Waals surface area (Å²) in [5.74, 6) is 1.53. The Labute approximate surface area is 86.5 Å². The van der Waals surface area contributed by atoms with Gasteiger partial charge in [0.05, 0.1) is 0 Å². The molecule has 1 heterocycles. The molecule has 0 N–H and O–H groups in total. The van der Waals surface area contributed by atoms with Gasteiger partial charge in [-0.25, -0.2) is 0 Å². The van der Waals surface area contributed by atoms with Crippen molar-refractivity contribution in [2.45, 2.75) is 12.1 Å². The van der Waals surface area contributed by atoms with Crippen LogP contribution >= 0.6 is 11.8 Å². The first-order valence-electron chi connectivity index (χ1n) is 4.42. The van der Waals surface area contributed by atoms with Crippen LogP contribution in [0.25, 0.3) is 11.5 Å². The maximum absolute atomic E-state index is 5.45. The second kappa shape index (κ2) is 4.28. The van der Waals surface area contributed by atoms with Crippen LogP contribution in [-0.4, -0.2) is 16.0 Å². The molecule has 4 heteroatoms. The van der Waals surface area contributed by atoms with Crippen LogP contribution in [-0.2, 0) is 0 Å². The number of rotatable bonds is 3. The number of thioether (sulfide) groups is 1. The Balaban J connectivity index is 2.25. The summed E-state index contributed by atoms with van der Waals surface area (Å²) in [4.78, 5) is 0. The van der Waals surface area contributed by atoms with Gasteiger partial charge in [0, 0.05) is 5.56 Å². The highest BCUT2D eigenvalue weighted by molar-refractivity contribution is 7.99. The molecule has 0 amide bonds. The van der Waals surface area contributed by atoms with Crippen molar-refractivity contribution in [3.63, 3.8) is 0 Å². The zero-order chi connectivity index (χ0) is 9.80. The molecule has 0 saturated carbocycles. The van der Waals surface area contributed by atoms with Gasteiger partial charge in [0.2, 0.25) is 5.89 Å². The first kappa shape index (κ1) is 9.27. The molecule has 0 aliphatic carbocycles. The molecule has 0 fully saturated rings. The highest BCUT2D eigenvalue weighted by Gasteiger charge is 2.06. The number of aromatic nitrogens is 2. The lowest BCUT2D eigenvalue weighted by molar-refractivity contribution is 0.466. The number of nitrogens with zero attached hydrogens (tertiary/aromatic N) is 2. The first-order valence-corrected chi connectivity index (χ1v) is 5.40. The Kier molecular flexibility index (Phi) is 2.84. The van der Waals surface area contributed by atoms with Crippen molar-refractivity contribution >= 4 is 11.8 Å². The van der Waals surface area contributed by atoms with Crippen LogP contribution in [0.2, 0.25) is 0 Å². The van der Waals surface area contributed by atoms with Gasteiger partial charge in [0.25, 0.3) is 5.22 Å². The van der Waals surface area contributed by atoms with Crippen molar-refractivity contribution in [1.29, 1.82) is 0 Å². The molecule has 0 bridgehead atoms. The van der Waals surface area contributed by atoms with E-state index >= 15 is 0 Å². The molecule has 0 aliphatic rings. The van der Waals surface area contributed by atoms with Crippen molar-refractivity contribution in [1.82, 2.24) is 10.2 Å². The molecule has 0 unspecified atom stereocenters. The van der Waals surface area contributed by atoms with E-state index in [4.69, 9.17) is 4.42 Å². The second-order valence-electron chi connectivity index (χ2n) is 2.67. The van der Waals surface area contributed by atoms with E-state index in [2.05, 4.69) is 17.1 Å². The topological polar surface area (TPSA) is 38.9 Å². The molecule has 14 heavy (non-hydrogen) atoms. The van der Waals surface area contributed by atoms with Gasteiger partial charge in [-0.15, -0.1) is 10.2 Å². The highest BCUT2D eigenvalue weighted by atomic mass is 32.2. The maximum Gasteiger partial charge on any atom is 0.276 e. The summed E-state index contributed by atoms with van der Waals surface area (Å²) in [6.07, 6.45) is 0. The summed E-state index contributed by atoms with van der Waals surface area (Å²) in [6, 6.07) is 9.77. The zero-order valence-corrected chi connectivity index (χ0v) is 8.62. The van der Waals surface area contributed by atoms with E-state index in [1.807, 2.05) is 30.3 Å². The van der Waals surface area contributed by atoms with Gasteiger partial charge in [0.15, 0.2) is 0 Å². The minimum Gasteiger partial charge on any atom is -0.411 e. The van der Waals surface area contributed by atoms with Gasteiger partial charge in [-0.3, -0.25) is 0 Å². The monoisotopic (exact) mass is 206 g/mol. The van der Waals surface area contributed by atoms with Crippen LogP contribution in [0.5, 0.6) is 0 Å². The van der Waals surface area contributed by atoms with E-state index in [0.717, 1.165) is 11.3 Å². The quantitative estimate of drug-likeness (QED) is 0.724. The summed E-state index contributed by atoms with van der Waals surface area (Å²) in [7, 11) is 0. The third-order valence-corrected chi connectivity index (χ3v) is 2.40. The van der Waals surface area contributed by atoms with Crippen LogP contribution in [0, 0.1) is 0 Å². The summed E-state index contributed by atoms with van der Waals surface area (Å²) in [5.41, 5.74) is 0.961. The number of hydrogen-bond acceptors (Lipinski definition) is 4. The predicted octanol–water partition coefficient (Wildman–Crippen LogP) is 2.85. The van der Waals surface area contributed by atoms with E-state index in [1.54, 1.807) is 11.8 Å². The van der Waals surface area contributed by atoms with E-state index < -0.39 is 0 Å². The third kappa shape index (κ3) is 1.96. The van der Waals surface area contributed by atoms with E-state index in [9.17, 15) is 0 Å². The van der Waals surface area contributed by atoms with Gasteiger partial charge in [-0.1, -0.05) is 36.9 Å². The fourth-order valence-electron chi connectivity index (χ4n) is 1.09. The molecule has 3 nitrogen and oxygen atoms in total. The number of benzene rings is 1. The Bertz CT molecular complexity index is 400. The molecule has 0 aliphatic heterocycles. The molecule has 0 saturated heterocycles. The smallest absolute Gasteiger partial charge is 0.276 e. The maximum atomic E-state index is 5.45. The number of hydrogen-bond donors (Lipinski definition) is 0. The minimum atomic E-state index is 0.585.